The third kappa shape index (κ3) is 60.1. The van der Waals surface area contributed by atoms with E-state index in [1.54, 1.807) is 0 Å². The average molecular weight is 1050 g/mol. The minimum absolute atomic E-state index is 0.0106. The zero-order chi connectivity index (χ0) is 53.6. The van der Waals surface area contributed by atoms with Crippen molar-refractivity contribution < 1.29 is 24.5 Å². The number of ether oxygens (including phenoxy) is 1. The lowest BCUT2D eigenvalue weighted by molar-refractivity contribution is -0.143. The van der Waals surface area contributed by atoms with E-state index in [1.807, 2.05) is 0 Å². The van der Waals surface area contributed by atoms with Crippen molar-refractivity contribution in [3.05, 3.63) is 0 Å². The molecule has 2 atom stereocenters. The number of hydrogen-bond acceptors (Lipinski definition) is 5. The standard InChI is InChI=1S/C68H135NO5/c1-3-5-7-9-11-13-15-17-19-21-22-23-24-25-26-27-29-32-36-40-44-48-52-56-60-66(71)65(64-70)69-67(72)61-57-53-49-45-41-37-33-30-28-31-35-39-43-47-51-55-59-63-74-68(73)62-58-54-50-46-42-38-34-20-18-16-14-12-10-8-6-4-2/h65-66,70-71H,3-64H2,1-2H3,(H,69,72). The molecule has 74 heavy (non-hydrogen) atoms. The largest absolute Gasteiger partial charge is 0.466 e. The number of amides is 1. The van der Waals surface area contributed by atoms with E-state index in [0.717, 1.165) is 38.5 Å². The van der Waals surface area contributed by atoms with Crippen LogP contribution in [0.15, 0.2) is 0 Å². The van der Waals surface area contributed by atoms with Crippen LogP contribution in [0.25, 0.3) is 0 Å². The summed E-state index contributed by atoms with van der Waals surface area (Å²) in [6, 6.07) is -0.546. The van der Waals surface area contributed by atoms with Gasteiger partial charge in [0.2, 0.25) is 5.91 Å². The molecule has 0 saturated heterocycles. The molecule has 0 rings (SSSR count). The van der Waals surface area contributed by atoms with Crippen molar-refractivity contribution in [2.75, 3.05) is 13.2 Å². The lowest BCUT2D eigenvalue weighted by atomic mass is 10.0. The van der Waals surface area contributed by atoms with E-state index >= 15 is 0 Å². The van der Waals surface area contributed by atoms with Gasteiger partial charge < -0.3 is 20.3 Å². The van der Waals surface area contributed by atoms with Crippen molar-refractivity contribution in [2.24, 2.45) is 0 Å². The quantitative estimate of drug-likeness (QED) is 0.0417. The van der Waals surface area contributed by atoms with Crippen molar-refractivity contribution in [1.82, 2.24) is 5.32 Å². The van der Waals surface area contributed by atoms with Crippen molar-refractivity contribution in [2.45, 2.75) is 411 Å². The van der Waals surface area contributed by atoms with Crippen LogP contribution in [0.5, 0.6) is 0 Å². The number of hydrogen-bond donors (Lipinski definition) is 3. The summed E-state index contributed by atoms with van der Waals surface area (Å²) in [5.41, 5.74) is 0. The third-order valence-electron chi connectivity index (χ3n) is 16.4. The van der Waals surface area contributed by atoms with Gasteiger partial charge in [0.15, 0.2) is 0 Å². The summed E-state index contributed by atoms with van der Waals surface area (Å²) >= 11 is 0. The van der Waals surface area contributed by atoms with Crippen LogP contribution in [0.1, 0.15) is 399 Å². The molecule has 0 saturated carbocycles. The lowest BCUT2D eigenvalue weighted by Gasteiger charge is -2.22. The first kappa shape index (κ1) is 72.9. The molecule has 0 heterocycles. The maximum absolute atomic E-state index is 12.5. The maximum Gasteiger partial charge on any atom is 0.305 e. The van der Waals surface area contributed by atoms with Gasteiger partial charge in [0.25, 0.3) is 0 Å². The molecule has 0 aliphatic rings. The Balaban J connectivity index is 3.39. The van der Waals surface area contributed by atoms with Crippen LogP contribution in [0, 0.1) is 0 Å². The average Bonchev–Trinajstić information content (AvgIpc) is 3.40. The molecule has 0 bridgehead atoms. The zero-order valence-corrected chi connectivity index (χ0v) is 50.6. The van der Waals surface area contributed by atoms with Crippen LogP contribution in [0.2, 0.25) is 0 Å². The zero-order valence-electron chi connectivity index (χ0n) is 50.6. The number of rotatable bonds is 65. The molecule has 0 fully saturated rings. The van der Waals surface area contributed by atoms with E-state index in [-0.39, 0.29) is 18.5 Å². The normalized spacial score (nSPS) is 12.4. The van der Waals surface area contributed by atoms with Gasteiger partial charge in [0.05, 0.1) is 25.4 Å². The first-order chi connectivity index (χ1) is 36.5. The first-order valence-electron chi connectivity index (χ1n) is 34.3. The second-order valence-corrected chi connectivity index (χ2v) is 23.9. The summed E-state index contributed by atoms with van der Waals surface area (Å²) in [7, 11) is 0. The second-order valence-electron chi connectivity index (χ2n) is 23.9. The predicted molar refractivity (Wildman–Crippen MR) is 324 cm³/mol. The molecule has 0 aromatic heterocycles. The van der Waals surface area contributed by atoms with E-state index in [9.17, 15) is 19.8 Å². The molecule has 0 spiro atoms. The number of aliphatic hydroxyl groups is 2. The molecular weight excluding hydrogens is 911 g/mol. The minimum atomic E-state index is -0.668. The van der Waals surface area contributed by atoms with Crippen LogP contribution < -0.4 is 5.32 Å². The van der Waals surface area contributed by atoms with Gasteiger partial charge in [-0.05, 0) is 25.7 Å². The van der Waals surface area contributed by atoms with Gasteiger partial charge in [0.1, 0.15) is 0 Å². The monoisotopic (exact) mass is 1050 g/mol. The highest BCUT2D eigenvalue weighted by molar-refractivity contribution is 5.76. The summed E-state index contributed by atoms with van der Waals surface area (Å²) in [4.78, 5) is 24.6. The SMILES string of the molecule is CCCCCCCCCCCCCCCCCCCCCCCCCCC(O)C(CO)NC(=O)CCCCCCCCCCCCCCCCCCCOC(=O)CCCCCCCCCCCCCCCCCC. The predicted octanol–water partition coefficient (Wildman–Crippen LogP) is 21.8. The van der Waals surface area contributed by atoms with Gasteiger partial charge >= 0.3 is 5.97 Å². The molecule has 0 radical (unpaired) electrons. The topological polar surface area (TPSA) is 95.9 Å². The van der Waals surface area contributed by atoms with Gasteiger partial charge in [-0.1, -0.05) is 361 Å². The highest BCUT2D eigenvalue weighted by atomic mass is 16.5. The highest BCUT2D eigenvalue weighted by Crippen LogP contribution is 2.19. The van der Waals surface area contributed by atoms with Gasteiger partial charge in [-0.25, -0.2) is 0 Å². The molecule has 0 aromatic carbocycles. The smallest absolute Gasteiger partial charge is 0.305 e. The number of unbranched alkanes of at least 4 members (excludes halogenated alkanes) is 54. The van der Waals surface area contributed by atoms with Crippen molar-refractivity contribution >= 4 is 11.9 Å². The highest BCUT2D eigenvalue weighted by Gasteiger charge is 2.20. The fourth-order valence-electron chi connectivity index (χ4n) is 11.2. The molecule has 6 nitrogen and oxygen atoms in total. The van der Waals surface area contributed by atoms with Crippen LogP contribution in [-0.2, 0) is 14.3 Å². The molecular formula is C68H135NO5. The number of esters is 1. The Morgan fingerprint density at radius 3 is 0.824 bits per heavy atom. The molecule has 442 valence electrons. The number of carbonyl (C=O) groups excluding carboxylic acids is 2. The first-order valence-corrected chi connectivity index (χ1v) is 34.3. The Kier molecular flexibility index (Phi) is 63.4. The third-order valence-corrected chi connectivity index (χ3v) is 16.4. The molecule has 3 N–H and O–H groups in total. The van der Waals surface area contributed by atoms with Crippen LogP contribution in [-0.4, -0.2) is 47.4 Å². The Morgan fingerprint density at radius 2 is 0.554 bits per heavy atom. The molecule has 0 aromatic rings. The Bertz CT molecular complexity index is 1070. The van der Waals surface area contributed by atoms with Crippen molar-refractivity contribution in [3.63, 3.8) is 0 Å². The van der Waals surface area contributed by atoms with Gasteiger partial charge in [-0.3, -0.25) is 9.59 Å². The van der Waals surface area contributed by atoms with E-state index in [4.69, 9.17) is 4.74 Å². The molecule has 0 aliphatic heterocycles. The van der Waals surface area contributed by atoms with Crippen molar-refractivity contribution in [3.8, 4) is 0 Å². The summed E-state index contributed by atoms with van der Waals surface area (Å²) < 4.78 is 5.50. The molecule has 0 aliphatic carbocycles. The molecule has 1 amide bonds. The van der Waals surface area contributed by atoms with E-state index in [2.05, 4.69) is 19.2 Å². The second kappa shape index (κ2) is 64.4. The minimum Gasteiger partial charge on any atom is -0.466 e. The Hall–Kier alpha value is -1.14. The fourth-order valence-corrected chi connectivity index (χ4v) is 11.2. The molecule has 6 heteroatoms. The van der Waals surface area contributed by atoms with Gasteiger partial charge in [-0.15, -0.1) is 0 Å². The van der Waals surface area contributed by atoms with E-state index in [1.165, 1.54) is 327 Å². The van der Waals surface area contributed by atoms with E-state index in [0.29, 0.717) is 25.9 Å². The van der Waals surface area contributed by atoms with E-state index < -0.39 is 12.1 Å². The Labute approximate surface area is 464 Å². The summed E-state index contributed by atoms with van der Waals surface area (Å²) in [6.45, 7) is 4.99. The fraction of sp³-hybridized carbons (Fsp3) is 0.971. The summed E-state index contributed by atoms with van der Waals surface area (Å²) in [5, 5.41) is 23.4. The van der Waals surface area contributed by atoms with Gasteiger partial charge in [0, 0.05) is 12.8 Å². The van der Waals surface area contributed by atoms with Crippen LogP contribution >= 0.6 is 0 Å². The summed E-state index contributed by atoms with van der Waals surface area (Å²) in [5.74, 6) is -0.0238. The number of carbonyl (C=O) groups is 2. The van der Waals surface area contributed by atoms with Crippen LogP contribution in [0.3, 0.4) is 0 Å². The molecule has 2 unspecified atom stereocenters. The summed E-state index contributed by atoms with van der Waals surface area (Å²) in [6.07, 6.45) is 77.0. The van der Waals surface area contributed by atoms with Crippen molar-refractivity contribution in [1.29, 1.82) is 0 Å². The maximum atomic E-state index is 12.5. The lowest BCUT2D eigenvalue weighted by Crippen LogP contribution is -2.45. The number of nitrogens with one attached hydrogen (secondary N) is 1. The Morgan fingerprint density at radius 1 is 0.324 bits per heavy atom. The number of aliphatic hydroxyl groups excluding tert-OH is 2. The van der Waals surface area contributed by atoms with Gasteiger partial charge in [-0.2, -0.15) is 0 Å². The van der Waals surface area contributed by atoms with Crippen LogP contribution in [0.4, 0.5) is 0 Å².